The molecule has 0 spiro atoms. The van der Waals surface area contributed by atoms with Gasteiger partial charge in [-0.1, -0.05) is 36.9 Å². The Morgan fingerprint density at radius 1 is 1.12 bits per heavy atom. The number of fused-ring (bicyclic) bond motifs is 1. The van der Waals surface area contributed by atoms with Crippen LogP contribution in [0.25, 0.3) is 11.0 Å². The predicted octanol–water partition coefficient (Wildman–Crippen LogP) is 4.73. The summed E-state index contributed by atoms with van der Waals surface area (Å²) in [5.74, 6) is 2.41. The standard InChI is InChI=1S/C27H27N5O2/c1-2-24(33)32-17-15-21(18-32)29-27-25-20(14-16-28-26(25)30-31-27)11-8-19-9-12-23(13-10-19)34-22-6-4-3-5-7-22/h2-7,9-10,12-14,16,21H,1,8,11,15,17-18H2,(H2,28,29,30,31)/t21-/m1/s1. The van der Waals surface area contributed by atoms with Crippen LogP contribution in [0.4, 0.5) is 5.82 Å². The molecule has 5 rings (SSSR count). The molecule has 1 saturated heterocycles. The zero-order valence-electron chi connectivity index (χ0n) is 18.9. The van der Waals surface area contributed by atoms with Crippen LogP contribution in [0.3, 0.4) is 0 Å². The number of H-pyrrole nitrogens is 1. The minimum Gasteiger partial charge on any atom is -0.457 e. The minimum atomic E-state index is -0.0290. The number of nitrogens with zero attached hydrogens (tertiary/aromatic N) is 3. The van der Waals surface area contributed by atoms with Gasteiger partial charge in [0.1, 0.15) is 11.5 Å². The van der Waals surface area contributed by atoms with Crippen molar-refractivity contribution in [3.63, 3.8) is 0 Å². The van der Waals surface area contributed by atoms with Gasteiger partial charge in [-0.05, 0) is 66.8 Å². The molecule has 7 heteroatoms. The van der Waals surface area contributed by atoms with Gasteiger partial charge in [-0.3, -0.25) is 9.89 Å². The van der Waals surface area contributed by atoms with Gasteiger partial charge < -0.3 is 15.0 Å². The number of benzene rings is 2. The van der Waals surface area contributed by atoms with Gasteiger partial charge in [0.2, 0.25) is 5.91 Å². The lowest BCUT2D eigenvalue weighted by Gasteiger charge is -2.15. The highest BCUT2D eigenvalue weighted by Crippen LogP contribution is 2.27. The van der Waals surface area contributed by atoms with Gasteiger partial charge in [-0.2, -0.15) is 5.10 Å². The number of hydrogen-bond donors (Lipinski definition) is 2. The number of aromatic amines is 1. The van der Waals surface area contributed by atoms with E-state index in [9.17, 15) is 4.79 Å². The predicted molar refractivity (Wildman–Crippen MR) is 133 cm³/mol. The molecule has 0 bridgehead atoms. The van der Waals surface area contributed by atoms with Crippen LogP contribution < -0.4 is 10.1 Å². The van der Waals surface area contributed by atoms with E-state index in [1.807, 2.05) is 53.6 Å². The van der Waals surface area contributed by atoms with Crippen molar-refractivity contribution in [1.29, 1.82) is 0 Å². The average molecular weight is 454 g/mol. The van der Waals surface area contributed by atoms with E-state index >= 15 is 0 Å². The molecule has 1 aliphatic heterocycles. The number of carbonyl (C=O) groups is 1. The summed E-state index contributed by atoms with van der Waals surface area (Å²) in [6.45, 7) is 4.95. The van der Waals surface area contributed by atoms with Gasteiger partial charge in [0.25, 0.3) is 0 Å². The van der Waals surface area contributed by atoms with Crippen LogP contribution in [-0.2, 0) is 17.6 Å². The summed E-state index contributed by atoms with van der Waals surface area (Å²) in [7, 11) is 0. The Kier molecular flexibility index (Phi) is 6.25. The van der Waals surface area contributed by atoms with E-state index in [4.69, 9.17) is 4.74 Å². The van der Waals surface area contributed by atoms with Crippen molar-refractivity contribution in [2.45, 2.75) is 25.3 Å². The zero-order chi connectivity index (χ0) is 23.3. The van der Waals surface area contributed by atoms with Gasteiger partial charge in [-0.25, -0.2) is 4.98 Å². The first-order valence-corrected chi connectivity index (χ1v) is 11.5. The van der Waals surface area contributed by atoms with Crippen molar-refractivity contribution in [2.75, 3.05) is 18.4 Å². The van der Waals surface area contributed by atoms with E-state index in [-0.39, 0.29) is 11.9 Å². The number of anilines is 1. The number of ether oxygens (including phenoxy) is 1. The number of carbonyl (C=O) groups excluding carboxylic acids is 1. The maximum Gasteiger partial charge on any atom is 0.246 e. The van der Waals surface area contributed by atoms with E-state index in [0.717, 1.165) is 54.2 Å². The number of likely N-dealkylation sites (tertiary alicyclic amines) is 1. The molecule has 2 N–H and O–H groups in total. The quantitative estimate of drug-likeness (QED) is 0.377. The molecule has 0 aliphatic carbocycles. The molecule has 1 amide bonds. The number of para-hydroxylation sites is 1. The van der Waals surface area contributed by atoms with E-state index in [2.05, 4.69) is 45.3 Å². The maximum atomic E-state index is 11.9. The van der Waals surface area contributed by atoms with Crippen LogP contribution in [0.15, 0.2) is 79.5 Å². The Labute approximate surface area is 198 Å². The third-order valence-electron chi connectivity index (χ3n) is 6.15. The lowest BCUT2D eigenvalue weighted by Crippen LogP contribution is -2.30. The molecular weight excluding hydrogens is 426 g/mol. The number of hydrogen-bond acceptors (Lipinski definition) is 5. The highest BCUT2D eigenvalue weighted by molar-refractivity contribution is 5.90. The van der Waals surface area contributed by atoms with Crippen molar-refractivity contribution >= 4 is 22.8 Å². The first-order chi connectivity index (χ1) is 16.7. The summed E-state index contributed by atoms with van der Waals surface area (Å²) in [6.07, 6.45) is 5.81. The highest BCUT2D eigenvalue weighted by Gasteiger charge is 2.26. The van der Waals surface area contributed by atoms with Crippen molar-refractivity contribution in [1.82, 2.24) is 20.1 Å². The van der Waals surface area contributed by atoms with Crippen LogP contribution in [0.2, 0.25) is 0 Å². The molecule has 7 nitrogen and oxygen atoms in total. The fraction of sp³-hybridized carbons (Fsp3) is 0.222. The van der Waals surface area contributed by atoms with E-state index in [1.54, 1.807) is 0 Å². The Morgan fingerprint density at radius 3 is 2.71 bits per heavy atom. The van der Waals surface area contributed by atoms with Crippen LogP contribution in [0.5, 0.6) is 11.5 Å². The number of aromatic nitrogens is 3. The van der Waals surface area contributed by atoms with E-state index in [1.165, 1.54) is 17.2 Å². The molecule has 1 atom stereocenters. The van der Waals surface area contributed by atoms with Crippen LogP contribution in [0, 0.1) is 0 Å². The molecule has 3 heterocycles. The molecule has 1 aliphatic rings. The lowest BCUT2D eigenvalue weighted by molar-refractivity contribution is -0.125. The van der Waals surface area contributed by atoms with Gasteiger partial charge >= 0.3 is 0 Å². The maximum absolute atomic E-state index is 11.9. The molecule has 34 heavy (non-hydrogen) atoms. The molecule has 0 unspecified atom stereocenters. The van der Waals surface area contributed by atoms with Crippen molar-refractivity contribution in [3.8, 4) is 11.5 Å². The summed E-state index contributed by atoms with van der Waals surface area (Å²) in [5, 5.41) is 12.0. The lowest BCUT2D eigenvalue weighted by atomic mass is 10.0. The average Bonchev–Trinajstić information content (AvgIpc) is 3.52. The topological polar surface area (TPSA) is 83.1 Å². The van der Waals surface area contributed by atoms with Crippen LogP contribution in [0.1, 0.15) is 17.5 Å². The van der Waals surface area contributed by atoms with Crippen LogP contribution >= 0.6 is 0 Å². The Balaban J connectivity index is 1.26. The summed E-state index contributed by atoms with van der Waals surface area (Å²) in [4.78, 5) is 18.2. The Bertz CT molecular complexity index is 1280. The molecule has 0 saturated carbocycles. The second-order valence-electron chi connectivity index (χ2n) is 8.44. The number of rotatable bonds is 8. The first kappa shape index (κ1) is 21.7. The monoisotopic (exact) mass is 453 g/mol. The van der Waals surface area contributed by atoms with E-state index < -0.39 is 0 Å². The number of aryl methyl sites for hydroxylation is 2. The molecule has 2 aromatic heterocycles. The molecular formula is C27H27N5O2. The van der Waals surface area contributed by atoms with Crippen molar-refractivity contribution in [3.05, 3.63) is 90.6 Å². The summed E-state index contributed by atoms with van der Waals surface area (Å²) in [5.41, 5.74) is 3.18. The third-order valence-corrected chi connectivity index (χ3v) is 6.15. The van der Waals surface area contributed by atoms with Gasteiger partial charge in [-0.15, -0.1) is 0 Å². The Morgan fingerprint density at radius 2 is 1.91 bits per heavy atom. The number of pyridine rings is 1. The molecule has 0 radical (unpaired) electrons. The largest absolute Gasteiger partial charge is 0.457 e. The SMILES string of the molecule is C=CC(=O)N1CC[C@@H](Nc2n[nH]c3nccc(CCc4ccc(Oc5ccccc5)cc4)c23)C1. The summed E-state index contributed by atoms with van der Waals surface area (Å²) in [6, 6.07) is 20.2. The molecule has 2 aromatic carbocycles. The third kappa shape index (κ3) is 4.78. The zero-order valence-corrected chi connectivity index (χ0v) is 18.9. The van der Waals surface area contributed by atoms with Gasteiger partial charge in [0.05, 0.1) is 5.39 Å². The normalized spacial score (nSPS) is 15.4. The summed E-state index contributed by atoms with van der Waals surface area (Å²) >= 11 is 0. The summed E-state index contributed by atoms with van der Waals surface area (Å²) < 4.78 is 5.89. The fourth-order valence-electron chi connectivity index (χ4n) is 4.36. The van der Waals surface area contributed by atoms with Crippen molar-refractivity contribution in [2.24, 2.45) is 0 Å². The molecule has 1 fully saturated rings. The second kappa shape index (κ2) is 9.79. The Hall–Kier alpha value is -4.13. The van der Waals surface area contributed by atoms with Crippen LogP contribution in [-0.4, -0.2) is 45.1 Å². The fourth-order valence-corrected chi connectivity index (χ4v) is 4.36. The highest BCUT2D eigenvalue weighted by atomic mass is 16.5. The van der Waals surface area contributed by atoms with Gasteiger partial charge in [0, 0.05) is 25.3 Å². The van der Waals surface area contributed by atoms with E-state index in [0.29, 0.717) is 6.54 Å². The van der Waals surface area contributed by atoms with Crippen molar-refractivity contribution < 1.29 is 9.53 Å². The minimum absolute atomic E-state index is 0.0290. The smallest absolute Gasteiger partial charge is 0.246 e. The number of amides is 1. The second-order valence-corrected chi connectivity index (χ2v) is 8.44. The number of nitrogens with one attached hydrogen (secondary N) is 2. The van der Waals surface area contributed by atoms with Gasteiger partial charge in [0.15, 0.2) is 11.5 Å². The first-order valence-electron chi connectivity index (χ1n) is 11.5. The molecule has 4 aromatic rings. The molecule has 172 valence electrons.